The van der Waals surface area contributed by atoms with Crippen LogP contribution in [-0.2, 0) is 15.7 Å². The van der Waals surface area contributed by atoms with Gasteiger partial charge in [0.1, 0.15) is 6.10 Å². The van der Waals surface area contributed by atoms with E-state index in [-0.39, 0.29) is 29.9 Å². The Kier molecular flexibility index (Phi) is 8.29. The lowest BCUT2D eigenvalue weighted by Crippen LogP contribution is -2.66. The molecule has 6 heteroatoms. The molecule has 4 rings (SSSR count). The van der Waals surface area contributed by atoms with Crippen LogP contribution in [0.2, 0.25) is 5.04 Å². The Balaban J connectivity index is 1.47. The molecule has 1 fully saturated rings. The van der Waals surface area contributed by atoms with Crippen molar-refractivity contribution in [3.63, 3.8) is 0 Å². The molecule has 0 unspecified atom stereocenters. The van der Waals surface area contributed by atoms with E-state index in [1.54, 1.807) is 4.90 Å². The zero-order chi connectivity index (χ0) is 25.6. The lowest BCUT2D eigenvalue weighted by atomic mass is 10.1. The molecule has 3 aromatic carbocycles. The van der Waals surface area contributed by atoms with Gasteiger partial charge in [-0.25, -0.2) is 4.79 Å². The van der Waals surface area contributed by atoms with Crippen molar-refractivity contribution in [2.45, 2.75) is 57.3 Å². The highest BCUT2D eigenvalue weighted by atomic mass is 28.4. The SMILES string of the molecule is CC(C)(C)[Si](OCCC[C@H]1OC(=O)N(Cc2ccccc2)[C@@H]1CO)(c1ccccc1)c1ccccc1. The molecule has 0 aromatic heterocycles. The van der Waals surface area contributed by atoms with Gasteiger partial charge in [-0.3, -0.25) is 4.90 Å². The maximum Gasteiger partial charge on any atom is 0.410 e. The normalized spacial score (nSPS) is 18.3. The Morgan fingerprint density at radius 1 is 0.889 bits per heavy atom. The average Bonchev–Trinajstić information content (AvgIpc) is 3.18. The highest BCUT2D eigenvalue weighted by Crippen LogP contribution is 2.37. The van der Waals surface area contributed by atoms with E-state index < -0.39 is 8.32 Å². The summed E-state index contributed by atoms with van der Waals surface area (Å²) in [5.74, 6) is 0. The van der Waals surface area contributed by atoms with Crippen molar-refractivity contribution < 1.29 is 19.1 Å². The first kappa shape index (κ1) is 26.1. The molecule has 3 aromatic rings. The van der Waals surface area contributed by atoms with Gasteiger partial charge in [0.2, 0.25) is 0 Å². The van der Waals surface area contributed by atoms with Crippen LogP contribution < -0.4 is 10.4 Å². The number of carbonyl (C=O) groups excluding carboxylic acids is 1. The maximum atomic E-state index is 12.6. The molecule has 2 atom stereocenters. The standard InChI is InChI=1S/C30H37NO4Si/c1-30(2,3)36(25-16-9-5-10-17-25,26-18-11-6-12-19-26)34-21-13-20-28-27(23-32)31(29(33)35-28)22-24-14-7-4-8-15-24/h4-12,14-19,27-28,32H,13,20-23H2,1-3H3/t27-,28-/m1/s1. The van der Waals surface area contributed by atoms with Gasteiger partial charge in [0.15, 0.2) is 0 Å². The molecule has 0 radical (unpaired) electrons. The minimum Gasteiger partial charge on any atom is -0.444 e. The highest BCUT2D eigenvalue weighted by Gasteiger charge is 2.50. The number of carbonyl (C=O) groups is 1. The fourth-order valence-electron chi connectivity index (χ4n) is 5.31. The molecule has 1 N–H and O–H groups in total. The Bertz CT molecular complexity index is 1060. The van der Waals surface area contributed by atoms with E-state index in [0.29, 0.717) is 19.6 Å². The lowest BCUT2D eigenvalue weighted by Gasteiger charge is -2.43. The molecule has 1 aliphatic rings. The van der Waals surface area contributed by atoms with Crippen LogP contribution in [-0.4, -0.2) is 49.8 Å². The summed E-state index contributed by atoms with van der Waals surface area (Å²) in [6.45, 7) is 7.65. The molecule has 1 aliphatic heterocycles. The smallest absolute Gasteiger partial charge is 0.410 e. The molecule has 1 heterocycles. The molecular formula is C30H37NO4Si. The molecule has 190 valence electrons. The van der Waals surface area contributed by atoms with Gasteiger partial charge in [-0.15, -0.1) is 0 Å². The first-order chi connectivity index (χ1) is 17.4. The zero-order valence-electron chi connectivity index (χ0n) is 21.5. The number of ether oxygens (including phenoxy) is 1. The summed E-state index contributed by atoms with van der Waals surface area (Å²) >= 11 is 0. The Hall–Kier alpha value is -2.93. The van der Waals surface area contributed by atoms with Gasteiger partial charge in [0.05, 0.1) is 12.6 Å². The van der Waals surface area contributed by atoms with Gasteiger partial charge in [-0.2, -0.15) is 0 Å². The Morgan fingerprint density at radius 2 is 1.42 bits per heavy atom. The highest BCUT2D eigenvalue weighted by molar-refractivity contribution is 6.99. The predicted octanol–water partition coefficient (Wildman–Crippen LogP) is 4.73. The number of aliphatic hydroxyl groups is 1. The van der Waals surface area contributed by atoms with Gasteiger partial charge in [0.25, 0.3) is 8.32 Å². The van der Waals surface area contributed by atoms with Gasteiger partial charge >= 0.3 is 6.09 Å². The minimum absolute atomic E-state index is 0.0877. The minimum atomic E-state index is -2.60. The van der Waals surface area contributed by atoms with Gasteiger partial charge < -0.3 is 14.3 Å². The summed E-state index contributed by atoms with van der Waals surface area (Å²) in [7, 11) is -2.60. The van der Waals surface area contributed by atoms with Crippen LogP contribution in [0.3, 0.4) is 0 Å². The summed E-state index contributed by atoms with van der Waals surface area (Å²) in [5.41, 5.74) is 1.02. The second kappa shape index (κ2) is 11.4. The molecular weight excluding hydrogens is 466 g/mol. The first-order valence-electron chi connectivity index (χ1n) is 12.7. The van der Waals surface area contributed by atoms with Crippen molar-refractivity contribution in [1.29, 1.82) is 0 Å². The molecule has 0 spiro atoms. The molecule has 0 bridgehead atoms. The Labute approximate surface area is 215 Å². The average molecular weight is 504 g/mol. The van der Waals surface area contributed by atoms with E-state index in [4.69, 9.17) is 9.16 Å². The summed E-state index contributed by atoms with van der Waals surface area (Å²) in [4.78, 5) is 14.3. The first-order valence-corrected chi connectivity index (χ1v) is 14.6. The monoisotopic (exact) mass is 503 g/mol. The number of rotatable bonds is 10. The number of benzene rings is 3. The number of cyclic esters (lactones) is 1. The van der Waals surface area contributed by atoms with Crippen molar-refractivity contribution in [1.82, 2.24) is 4.90 Å². The van der Waals surface area contributed by atoms with Crippen molar-refractivity contribution in [3.8, 4) is 0 Å². The molecule has 0 saturated carbocycles. The third kappa shape index (κ3) is 5.41. The molecule has 1 amide bonds. The second-order valence-corrected chi connectivity index (χ2v) is 14.7. The Morgan fingerprint density at radius 3 is 1.92 bits per heavy atom. The van der Waals surface area contributed by atoms with Crippen LogP contribution in [0.1, 0.15) is 39.2 Å². The van der Waals surface area contributed by atoms with E-state index in [0.717, 1.165) is 12.0 Å². The van der Waals surface area contributed by atoms with E-state index in [2.05, 4.69) is 69.3 Å². The van der Waals surface area contributed by atoms with E-state index in [9.17, 15) is 9.90 Å². The van der Waals surface area contributed by atoms with Crippen molar-refractivity contribution in [3.05, 3.63) is 96.6 Å². The van der Waals surface area contributed by atoms with Crippen LogP contribution in [0.25, 0.3) is 0 Å². The van der Waals surface area contributed by atoms with Crippen LogP contribution >= 0.6 is 0 Å². The molecule has 0 aliphatic carbocycles. The largest absolute Gasteiger partial charge is 0.444 e. The van der Waals surface area contributed by atoms with Gasteiger partial charge in [-0.1, -0.05) is 112 Å². The lowest BCUT2D eigenvalue weighted by molar-refractivity contribution is 0.104. The van der Waals surface area contributed by atoms with Crippen molar-refractivity contribution in [2.75, 3.05) is 13.2 Å². The van der Waals surface area contributed by atoms with Crippen LogP contribution in [0.5, 0.6) is 0 Å². The van der Waals surface area contributed by atoms with E-state index in [1.165, 1.54) is 10.4 Å². The quantitative estimate of drug-likeness (QED) is 0.321. The predicted molar refractivity (Wildman–Crippen MR) is 146 cm³/mol. The topological polar surface area (TPSA) is 59.0 Å². The number of amides is 1. The number of hydrogen-bond donors (Lipinski definition) is 1. The van der Waals surface area contributed by atoms with E-state index in [1.807, 2.05) is 42.5 Å². The van der Waals surface area contributed by atoms with Crippen molar-refractivity contribution in [2.24, 2.45) is 0 Å². The van der Waals surface area contributed by atoms with Gasteiger partial charge in [-0.05, 0) is 33.8 Å². The fraction of sp³-hybridized carbons (Fsp3) is 0.367. The number of nitrogens with zero attached hydrogens (tertiary/aromatic N) is 1. The fourth-order valence-corrected chi connectivity index (χ4v) is 9.92. The van der Waals surface area contributed by atoms with Crippen LogP contribution in [0.15, 0.2) is 91.0 Å². The molecule has 5 nitrogen and oxygen atoms in total. The summed E-state index contributed by atoms with van der Waals surface area (Å²) in [6, 6.07) is 30.6. The number of hydrogen-bond acceptors (Lipinski definition) is 4. The second-order valence-electron chi connectivity index (χ2n) is 10.4. The zero-order valence-corrected chi connectivity index (χ0v) is 22.5. The third-order valence-electron chi connectivity index (χ3n) is 7.07. The van der Waals surface area contributed by atoms with Crippen LogP contribution in [0, 0.1) is 0 Å². The number of aliphatic hydroxyl groups excluding tert-OH is 1. The molecule has 36 heavy (non-hydrogen) atoms. The van der Waals surface area contributed by atoms with Crippen molar-refractivity contribution >= 4 is 24.8 Å². The summed E-state index contributed by atoms with van der Waals surface area (Å²) in [6.07, 6.45) is 0.656. The summed E-state index contributed by atoms with van der Waals surface area (Å²) < 4.78 is 12.7. The van der Waals surface area contributed by atoms with Gasteiger partial charge in [0, 0.05) is 13.2 Å². The molecule has 1 saturated heterocycles. The van der Waals surface area contributed by atoms with E-state index >= 15 is 0 Å². The van der Waals surface area contributed by atoms with Crippen LogP contribution in [0.4, 0.5) is 4.79 Å². The maximum absolute atomic E-state index is 12.6. The summed E-state index contributed by atoms with van der Waals surface area (Å²) in [5, 5.41) is 12.5. The third-order valence-corrected chi connectivity index (χ3v) is 12.1.